The van der Waals surface area contributed by atoms with E-state index in [9.17, 15) is 0 Å². The Bertz CT molecular complexity index is 482. The number of rotatable bonds is 11. The van der Waals surface area contributed by atoms with Gasteiger partial charge in [-0.15, -0.1) is 0 Å². The molecule has 0 radical (unpaired) electrons. The number of hydrogen-bond acceptors (Lipinski definition) is 5. The minimum absolute atomic E-state index is 0.0515. The Morgan fingerprint density at radius 3 is 2.54 bits per heavy atom. The maximum atomic E-state index is 6.14. The van der Waals surface area contributed by atoms with E-state index in [0.29, 0.717) is 19.8 Å². The lowest BCUT2D eigenvalue weighted by Gasteiger charge is -2.27. The first-order valence-corrected chi connectivity index (χ1v) is 8.76. The summed E-state index contributed by atoms with van der Waals surface area (Å²) in [5, 5.41) is 0. The van der Waals surface area contributed by atoms with E-state index in [2.05, 4.69) is 26.0 Å². The summed E-state index contributed by atoms with van der Waals surface area (Å²) < 4.78 is 23.1. The molecule has 1 heterocycles. The molecule has 4 unspecified atom stereocenters. The van der Waals surface area contributed by atoms with Crippen LogP contribution in [-0.4, -0.2) is 43.4 Å². The molecule has 1 aromatic carbocycles. The monoisotopic (exact) mass is 337 g/mol. The molecular weight excluding hydrogens is 306 g/mol. The Balaban J connectivity index is 1.74. The van der Waals surface area contributed by atoms with E-state index in [-0.39, 0.29) is 30.1 Å². The molecule has 1 fully saturated rings. The highest BCUT2D eigenvalue weighted by molar-refractivity contribution is 5.13. The molecule has 1 saturated heterocycles. The summed E-state index contributed by atoms with van der Waals surface area (Å²) in [5.74, 6) is 0. The van der Waals surface area contributed by atoms with E-state index in [1.54, 1.807) is 0 Å². The zero-order chi connectivity index (χ0) is 17.6. The first-order chi connectivity index (χ1) is 11.4. The lowest BCUT2D eigenvalue weighted by molar-refractivity contribution is -0.0648. The quantitative estimate of drug-likeness (QED) is 0.629. The van der Waals surface area contributed by atoms with E-state index in [1.807, 2.05) is 32.0 Å². The number of benzene rings is 1. The standard InChI is InChI=1S/C19H31NO4/c1-5-19(4,23-11-15-9-7-6-8-10-15)17-18(24-17)22-13-16(20)12-21-14(2)3/h6-10,14,16-18H,5,11-13,20H2,1-4H3. The van der Waals surface area contributed by atoms with Crippen LogP contribution in [0.5, 0.6) is 0 Å². The summed E-state index contributed by atoms with van der Waals surface area (Å²) in [4.78, 5) is 0. The van der Waals surface area contributed by atoms with E-state index >= 15 is 0 Å². The zero-order valence-corrected chi connectivity index (χ0v) is 15.2. The molecule has 0 aromatic heterocycles. The summed E-state index contributed by atoms with van der Waals surface area (Å²) in [6, 6.07) is 10.0. The van der Waals surface area contributed by atoms with Crippen molar-refractivity contribution >= 4 is 0 Å². The van der Waals surface area contributed by atoms with Crippen molar-refractivity contribution in [2.45, 2.75) is 70.9 Å². The van der Waals surface area contributed by atoms with Crippen LogP contribution in [0.25, 0.3) is 0 Å². The van der Waals surface area contributed by atoms with Gasteiger partial charge in [0.25, 0.3) is 0 Å². The van der Waals surface area contributed by atoms with E-state index in [1.165, 1.54) is 0 Å². The van der Waals surface area contributed by atoms with Gasteiger partial charge in [-0.05, 0) is 32.8 Å². The number of hydrogen-bond donors (Lipinski definition) is 1. The van der Waals surface area contributed by atoms with E-state index < -0.39 is 0 Å². The predicted molar refractivity (Wildman–Crippen MR) is 93.6 cm³/mol. The van der Waals surface area contributed by atoms with Gasteiger partial charge in [0.15, 0.2) is 6.29 Å². The van der Waals surface area contributed by atoms with Crippen LogP contribution in [0, 0.1) is 0 Å². The highest BCUT2D eigenvalue weighted by Gasteiger charge is 2.53. The van der Waals surface area contributed by atoms with Crippen LogP contribution in [-0.2, 0) is 25.6 Å². The van der Waals surface area contributed by atoms with Crippen molar-refractivity contribution in [2.75, 3.05) is 13.2 Å². The lowest BCUT2D eigenvalue weighted by atomic mass is 9.98. The number of epoxide rings is 1. The molecule has 1 aromatic rings. The van der Waals surface area contributed by atoms with Crippen LogP contribution in [0.15, 0.2) is 30.3 Å². The molecule has 1 aliphatic heterocycles. The van der Waals surface area contributed by atoms with Gasteiger partial charge in [0.05, 0.1) is 37.6 Å². The van der Waals surface area contributed by atoms with Crippen LogP contribution in [0.3, 0.4) is 0 Å². The molecule has 2 N–H and O–H groups in total. The Morgan fingerprint density at radius 1 is 1.21 bits per heavy atom. The normalized spacial score (nSPS) is 23.9. The van der Waals surface area contributed by atoms with Crippen LogP contribution in [0.2, 0.25) is 0 Å². The van der Waals surface area contributed by atoms with Crippen molar-refractivity contribution in [1.29, 1.82) is 0 Å². The Hall–Kier alpha value is -0.980. The second-order valence-electron chi connectivity index (χ2n) is 6.84. The zero-order valence-electron chi connectivity index (χ0n) is 15.2. The topological polar surface area (TPSA) is 66.2 Å². The molecule has 0 saturated carbocycles. The third kappa shape index (κ3) is 5.83. The minimum atomic E-state index is -0.362. The first-order valence-electron chi connectivity index (χ1n) is 8.76. The SMILES string of the molecule is CCC(C)(OCc1ccccc1)C1OC1OCC(N)COC(C)C. The highest BCUT2D eigenvalue weighted by atomic mass is 16.8. The first kappa shape index (κ1) is 19.3. The van der Waals surface area contributed by atoms with Gasteiger partial charge in [-0.2, -0.15) is 0 Å². The van der Waals surface area contributed by atoms with Crippen LogP contribution >= 0.6 is 0 Å². The molecule has 1 aliphatic rings. The van der Waals surface area contributed by atoms with E-state index in [4.69, 9.17) is 24.7 Å². The Labute approximate surface area is 145 Å². The molecule has 136 valence electrons. The summed E-state index contributed by atoms with van der Waals surface area (Å²) in [6.07, 6.45) is 0.739. The molecule has 4 atom stereocenters. The summed E-state index contributed by atoms with van der Waals surface area (Å²) in [7, 11) is 0. The van der Waals surface area contributed by atoms with Crippen molar-refractivity contribution in [3.05, 3.63) is 35.9 Å². The summed E-state index contributed by atoms with van der Waals surface area (Å²) >= 11 is 0. The molecule has 24 heavy (non-hydrogen) atoms. The maximum absolute atomic E-state index is 6.14. The summed E-state index contributed by atoms with van der Waals surface area (Å²) in [5.41, 5.74) is 6.78. The van der Waals surface area contributed by atoms with Gasteiger partial charge in [0.1, 0.15) is 6.10 Å². The molecule has 2 rings (SSSR count). The average Bonchev–Trinajstić information content (AvgIpc) is 3.37. The Morgan fingerprint density at radius 2 is 1.92 bits per heavy atom. The van der Waals surface area contributed by atoms with Gasteiger partial charge in [-0.1, -0.05) is 37.3 Å². The highest BCUT2D eigenvalue weighted by Crippen LogP contribution is 2.38. The van der Waals surface area contributed by atoms with Gasteiger partial charge < -0.3 is 24.7 Å². The summed E-state index contributed by atoms with van der Waals surface area (Å²) in [6.45, 7) is 9.64. The Kier molecular flexibility index (Phi) is 7.19. The van der Waals surface area contributed by atoms with E-state index in [0.717, 1.165) is 12.0 Å². The predicted octanol–water partition coefficient (Wildman–Crippen LogP) is 2.87. The average molecular weight is 337 g/mol. The van der Waals surface area contributed by atoms with Gasteiger partial charge in [0, 0.05) is 0 Å². The fraction of sp³-hybridized carbons (Fsp3) is 0.684. The molecule has 5 nitrogen and oxygen atoms in total. The number of ether oxygens (including phenoxy) is 4. The second-order valence-corrected chi connectivity index (χ2v) is 6.84. The second kappa shape index (κ2) is 8.92. The molecule has 0 amide bonds. The van der Waals surface area contributed by atoms with Crippen molar-refractivity contribution in [1.82, 2.24) is 0 Å². The van der Waals surface area contributed by atoms with Gasteiger partial charge >= 0.3 is 0 Å². The van der Waals surface area contributed by atoms with Gasteiger partial charge in [-0.25, -0.2) is 0 Å². The van der Waals surface area contributed by atoms with Crippen molar-refractivity contribution in [3.63, 3.8) is 0 Å². The fourth-order valence-corrected chi connectivity index (χ4v) is 2.45. The lowest BCUT2D eigenvalue weighted by Crippen LogP contribution is -2.37. The van der Waals surface area contributed by atoms with Crippen LogP contribution in [0.4, 0.5) is 0 Å². The van der Waals surface area contributed by atoms with Crippen LogP contribution < -0.4 is 5.73 Å². The van der Waals surface area contributed by atoms with Gasteiger partial charge in [-0.3, -0.25) is 0 Å². The molecule has 5 heteroatoms. The molecule has 0 spiro atoms. The van der Waals surface area contributed by atoms with Gasteiger partial charge in [0.2, 0.25) is 0 Å². The largest absolute Gasteiger partial charge is 0.377 e. The number of nitrogens with two attached hydrogens (primary N) is 1. The smallest absolute Gasteiger partial charge is 0.187 e. The molecular formula is C19H31NO4. The third-order valence-corrected chi connectivity index (χ3v) is 4.28. The maximum Gasteiger partial charge on any atom is 0.187 e. The fourth-order valence-electron chi connectivity index (χ4n) is 2.45. The van der Waals surface area contributed by atoms with Crippen molar-refractivity contribution in [3.8, 4) is 0 Å². The van der Waals surface area contributed by atoms with Crippen LogP contribution in [0.1, 0.15) is 39.7 Å². The third-order valence-electron chi connectivity index (χ3n) is 4.28. The molecule has 0 bridgehead atoms. The van der Waals surface area contributed by atoms with Crippen molar-refractivity contribution < 1.29 is 18.9 Å². The molecule has 0 aliphatic carbocycles. The minimum Gasteiger partial charge on any atom is -0.377 e. The van der Waals surface area contributed by atoms with Crippen molar-refractivity contribution in [2.24, 2.45) is 5.73 Å².